The van der Waals surface area contributed by atoms with Gasteiger partial charge in [0.05, 0.1) is 31.1 Å². The molecule has 9 nitrogen and oxygen atoms in total. The maximum absolute atomic E-state index is 10.5. The minimum atomic E-state index is -1.02. The van der Waals surface area contributed by atoms with Gasteiger partial charge in [0.1, 0.15) is 17.3 Å². The number of nitrogens with one attached hydrogen (secondary N) is 1. The molecule has 0 aromatic carbocycles. The summed E-state index contributed by atoms with van der Waals surface area (Å²) in [5.41, 5.74) is 1.37. The van der Waals surface area contributed by atoms with Gasteiger partial charge in [-0.05, 0) is 43.9 Å². The summed E-state index contributed by atoms with van der Waals surface area (Å²) < 4.78 is 19.1. The highest BCUT2D eigenvalue weighted by Crippen LogP contribution is 2.40. The van der Waals surface area contributed by atoms with Gasteiger partial charge < -0.3 is 24.6 Å². The van der Waals surface area contributed by atoms with Crippen molar-refractivity contribution in [2.75, 3.05) is 31.7 Å². The van der Waals surface area contributed by atoms with Gasteiger partial charge in [-0.1, -0.05) is 0 Å². The number of hydrogen-bond donors (Lipinski definition) is 2. The van der Waals surface area contributed by atoms with E-state index in [0.29, 0.717) is 29.2 Å². The Bertz CT molecular complexity index is 1140. The third-order valence-electron chi connectivity index (χ3n) is 6.40. The molecule has 0 spiro atoms. The molecule has 1 saturated carbocycles. The van der Waals surface area contributed by atoms with E-state index in [2.05, 4.69) is 20.0 Å². The molecule has 2 N–H and O–H groups in total. The number of ether oxygens (including phenoxy) is 3. The first-order valence-electron chi connectivity index (χ1n) is 11.5. The average molecular weight is 450 g/mol. The molecule has 2 saturated heterocycles. The van der Waals surface area contributed by atoms with E-state index in [1.165, 1.54) is 12.8 Å². The van der Waals surface area contributed by atoms with E-state index in [9.17, 15) is 5.11 Å². The SMILES string of the molecule is OC1(c2cc(Nc3cc(Oc4cn(C5CC5)nc4C4CCOCC4)ccn3)ccn2)COC1. The third kappa shape index (κ3) is 4.31. The van der Waals surface area contributed by atoms with Crippen LogP contribution in [0.25, 0.3) is 0 Å². The standard InChI is InChI=1S/C24H27N5O4/c30-24(14-32-15-24)21-11-17(3-7-25-21)27-22-12-19(4-8-26-22)33-20-13-29(18-1-2-18)28-23(20)16-5-9-31-10-6-16/h3-4,7-8,11-13,16,18,30H,1-2,5-6,9-10,14-15H2,(H,25,26,27). The van der Waals surface area contributed by atoms with Crippen molar-refractivity contribution in [3.8, 4) is 11.5 Å². The summed E-state index contributed by atoms with van der Waals surface area (Å²) in [4.78, 5) is 8.71. The minimum absolute atomic E-state index is 0.259. The predicted molar refractivity (Wildman–Crippen MR) is 120 cm³/mol. The van der Waals surface area contributed by atoms with Gasteiger partial charge in [-0.25, -0.2) is 4.98 Å². The lowest BCUT2D eigenvalue weighted by Gasteiger charge is -2.35. The van der Waals surface area contributed by atoms with Gasteiger partial charge >= 0.3 is 0 Å². The van der Waals surface area contributed by atoms with Crippen LogP contribution >= 0.6 is 0 Å². The van der Waals surface area contributed by atoms with Crippen LogP contribution in [0, 0.1) is 0 Å². The second kappa shape index (κ2) is 8.40. The van der Waals surface area contributed by atoms with Crippen LogP contribution in [0.15, 0.2) is 42.9 Å². The van der Waals surface area contributed by atoms with E-state index >= 15 is 0 Å². The lowest BCUT2D eigenvalue weighted by molar-refractivity contribution is -0.186. The Kier molecular flexibility index (Phi) is 5.24. The van der Waals surface area contributed by atoms with Crippen LogP contribution in [-0.2, 0) is 15.1 Å². The Labute approximate surface area is 191 Å². The summed E-state index contributed by atoms with van der Waals surface area (Å²) in [7, 11) is 0. The second-order valence-electron chi connectivity index (χ2n) is 9.03. The quantitative estimate of drug-likeness (QED) is 0.563. The second-order valence-corrected chi connectivity index (χ2v) is 9.03. The Morgan fingerprint density at radius 3 is 2.61 bits per heavy atom. The van der Waals surface area contributed by atoms with Crippen molar-refractivity contribution in [1.29, 1.82) is 0 Å². The fraction of sp³-hybridized carbons (Fsp3) is 0.458. The number of nitrogens with zero attached hydrogens (tertiary/aromatic N) is 4. The van der Waals surface area contributed by atoms with Crippen molar-refractivity contribution in [1.82, 2.24) is 19.7 Å². The molecular formula is C24H27N5O4. The van der Waals surface area contributed by atoms with Gasteiger partial charge in [0.25, 0.3) is 0 Å². The van der Waals surface area contributed by atoms with E-state index < -0.39 is 5.60 Å². The summed E-state index contributed by atoms with van der Waals surface area (Å²) in [5, 5.41) is 18.7. The molecule has 9 heteroatoms. The molecule has 2 aliphatic heterocycles. The molecule has 3 aromatic rings. The van der Waals surface area contributed by atoms with E-state index in [-0.39, 0.29) is 13.2 Å². The smallest absolute Gasteiger partial charge is 0.168 e. The van der Waals surface area contributed by atoms with E-state index in [4.69, 9.17) is 19.3 Å². The number of rotatable bonds is 7. The van der Waals surface area contributed by atoms with Crippen LogP contribution in [0.2, 0.25) is 0 Å². The molecule has 172 valence electrons. The molecule has 6 rings (SSSR count). The van der Waals surface area contributed by atoms with Crippen molar-refractivity contribution in [3.05, 3.63) is 54.2 Å². The molecule has 0 atom stereocenters. The molecule has 3 aliphatic rings. The van der Waals surface area contributed by atoms with Crippen molar-refractivity contribution < 1.29 is 19.3 Å². The van der Waals surface area contributed by atoms with Gasteiger partial charge in [-0.2, -0.15) is 5.10 Å². The Morgan fingerprint density at radius 2 is 1.85 bits per heavy atom. The maximum Gasteiger partial charge on any atom is 0.168 e. The highest BCUT2D eigenvalue weighted by atomic mass is 16.5. The van der Waals surface area contributed by atoms with Crippen LogP contribution in [-0.4, -0.2) is 51.3 Å². The first kappa shape index (κ1) is 20.6. The van der Waals surface area contributed by atoms with Gasteiger partial charge in [0, 0.05) is 43.3 Å². The number of aliphatic hydroxyl groups is 1. The highest BCUT2D eigenvalue weighted by molar-refractivity contribution is 5.58. The van der Waals surface area contributed by atoms with Crippen molar-refractivity contribution in [2.45, 2.75) is 43.2 Å². The summed E-state index contributed by atoms with van der Waals surface area (Å²) in [5.74, 6) is 2.49. The molecule has 1 aliphatic carbocycles. The molecule has 5 heterocycles. The normalized spacial score (nSPS) is 20.3. The van der Waals surface area contributed by atoms with Gasteiger partial charge in [-0.3, -0.25) is 9.67 Å². The zero-order valence-corrected chi connectivity index (χ0v) is 18.3. The lowest BCUT2D eigenvalue weighted by Crippen LogP contribution is -2.47. The average Bonchev–Trinajstić information content (AvgIpc) is 3.59. The molecular weight excluding hydrogens is 422 g/mol. The fourth-order valence-electron chi connectivity index (χ4n) is 4.27. The Morgan fingerprint density at radius 1 is 1.03 bits per heavy atom. The van der Waals surface area contributed by atoms with Crippen LogP contribution < -0.4 is 10.1 Å². The predicted octanol–water partition coefficient (Wildman–Crippen LogP) is 3.66. The van der Waals surface area contributed by atoms with E-state index in [0.717, 1.165) is 43.2 Å². The Balaban J connectivity index is 1.22. The number of pyridine rings is 2. The van der Waals surface area contributed by atoms with Crippen molar-refractivity contribution in [3.63, 3.8) is 0 Å². The molecule has 0 radical (unpaired) electrons. The van der Waals surface area contributed by atoms with Gasteiger partial charge in [0.2, 0.25) is 0 Å². The number of hydrogen-bond acceptors (Lipinski definition) is 8. The topological polar surface area (TPSA) is 104 Å². The van der Waals surface area contributed by atoms with Gasteiger partial charge in [0.15, 0.2) is 11.4 Å². The molecule has 3 fully saturated rings. The lowest BCUT2D eigenvalue weighted by atomic mass is 9.96. The first-order chi connectivity index (χ1) is 16.2. The third-order valence-corrected chi connectivity index (χ3v) is 6.40. The first-order valence-corrected chi connectivity index (χ1v) is 11.5. The Hall–Kier alpha value is -3.01. The van der Waals surface area contributed by atoms with Crippen LogP contribution in [0.3, 0.4) is 0 Å². The van der Waals surface area contributed by atoms with Crippen LogP contribution in [0.5, 0.6) is 11.5 Å². The zero-order valence-electron chi connectivity index (χ0n) is 18.3. The van der Waals surface area contributed by atoms with Crippen LogP contribution in [0.4, 0.5) is 11.5 Å². The number of anilines is 2. The molecule has 0 bridgehead atoms. The van der Waals surface area contributed by atoms with E-state index in [1.54, 1.807) is 12.4 Å². The summed E-state index contributed by atoms with van der Waals surface area (Å²) in [6.45, 7) is 2.04. The van der Waals surface area contributed by atoms with Crippen molar-refractivity contribution >= 4 is 11.5 Å². The molecule has 0 amide bonds. The zero-order chi connectivity index (χ0) is 22.3. The number of aromatic nitrogens is 4. The molecule has 3 aromatic heterocycles. The minimum Gasteiger partial charge on any atom is -0.454 e. The molecule has 33 heavy (non-hydrogen) atoms. The summed E-state index contributed by atoms with van der Waals surface area (Å²) in [6.07, 6.45) is 9.69. The largest absolute Gasteiger partial charge is 0.454 e. The fourth-order valence-corrected chi connectivity index (χ4v) is 4.27. The monoisotopic (exact) mass is 449 g/mol. The van der Waals surface area contributed by atoms with Gasteiger partial charge in [-0.15, -0.1) is 0 Å². The molecule has 0 unspecified atom stereocenters. The van der Waals surface area contributed by atoms with Crippen LogP contribution in [0.1, 0.15) is 49.0 Å². The van der Waals surface area contributed by atoms with E-state index in [1.807, 2.05) is 30.5 Å². The summed E-state index contributed by atoms with van der Waals surface area (Å²) in [6, 6.07) is 7.86. The summed E-state index contributed by atoms with van der Waals surface area (Å²) >= 11 is 0. The maximum atomic E-state index is 10.5. The highest BCUT2D eigenvalue weighted by Gasteiger charge is 2.39. The van der Waals surface area contributed by atoms with Crippen molar-refractivity contribution in [2.24, 2.45) is 0 Å².